The number of para-hydroxylation sites is 1. The van der Waals surface area contributed by atoms with Gasteiger partial charge in [-0.25, -0.2) is 8.78 Å². The highest BCUT2D eigenvalue weighted by atomic mass is 19.1. The van der Waals surface area contributed by atoms with Crippen LogP contribution in [0.25, 0.3) is 16.6 Å². The number of aromatic nitrogens is 4. The van der Waals surface area contributed by atoms with Gasteiger partial charge in [0.1, 0.15) is 11.4 Å². The number of hydrogen-bond acceptors (Lipinski definition) is 5. The van der Waals surface area contributed by atoms with Gasteiger partial charge in [-0.15, -0.1) is 0 Å². The lowest BCUT2D eigenvalue weighted by Gasteiger charge is -2.39. The molecule has 10 heteroatoms. The molecular formula is C31H34F2N6O2. The monoisotopic (exact) mass is 560 g/mol. The van der Waals surface area contributed by atoms with Gasteiger partial charge in [0.15, 0.2) is 11.6 Å². The normalized spacial score (nSPS) is 16.5. The SMILES string of the molecule is CC(C)(C)C(C)(C)n1cc2c(N3CCC4(CC4)C3)c(NC(=O)c3ccc(=O)n(-c4c(F)cccc4F)n3)ccc2n1. The van der Waals surface area contributed by atoms with E-state index in [4.69, 9.17) is 5.10 Å². The summed E-state index contributed by atoms with van der Waals surface area (Å²) in [4.78, 5) is 28.3. The molecule has 8 nitrogen and oxygen atoms in total. The highest BCUT2D eigenvalue weighted by molar-refractivity contribution is 6.08. The molecule has 4 aromatic rings. The largest absolute Gasteiger partial charge is 0.369 e. The van der Waals surface area contributed by atoms with Crippen LogP contribution in [-0.4, -0.2) is 38.6 Å². The van der Waals surface area contributed by atoms with Gasteiger partial charge in [0.2, 0.25) is 0 Å². The Hall–Kier alpha value is -4.08. The molecule has 6 rings (SSSR count). The summed E-state index contributed by atoms with van der Waals surface area (Å²) in [5, 5.41) is 12.9. The summed E-state index contributed by atoms with van der Waals surface area (Å²) in [6.45, 7) is 12.6. The molecule has 3 heterocycles. The summed E-state index contributed by atoms with van der Waals surface area (Å²) in [6, 6.07) is 9.31. The van der Waals surface area contributed by atoms with E-state index in [0.717, 1.165) is 54.3 Å². The molecule has 0 radical (unpaired) electrons. The van der Waals surface area contributed by atoms with E-state index in [1.54, 1.807) is 0 Å². The maximum atomic E-state index is 14.4. The van der Waals surface area contributed by atoms with Gasteiger partial charge in [0.05, 0.1) is 22.4 Å². The van der Waals surface area contributed by atoms with Gasteiger partial charge >= 0.3 is 0 Å². The molecule has 0 unspecified atom stereocenters. The second-order valence-corrected chi connectivity index (χ2v) is 12.9. The van der Waals surface area contributed by atoms with E-state index in [1.807, 2.05) is 16.8 Å². The van der Waals surface area contributed by atoms with Gasteiger partial charge in [-0.3, -0.25) is 14.3 Å². The van der Waals surface area contributed by atoms with Crippen molar-refractivity contribution in [2.24, 2.45) is 10.8 Å². The van der Waals surface area contributed by atoms with Crippen LogP contribution >= 0.6 is 0 Å². The molecule has 1 N–H and O–H groups in total. The molecule has 2 aromatic carbocycles. The first-order valence-corrected chi connectivity index (χ1v) is 13.9. The van der Waals surface area contributed by atoms with Crippen LogP contribution in [0.3, 0.4) is 0 Å². The van der Waals surface area contributed by atoms with Crippen molar-refractivity contribution in [1.82, 2.24) is 19.6 Å². The van der Waals surface area contributed by atoms with E-state index < -0.39 is 28.8 Å². The number of halogens is 2. The van der Waals surface area contributed by atoms with Crippen molar-refractivity contribution in [2.75, 3.05) is 23.3 Å². The Balaban J connectivity index is 1.42. The fourth-order valence-corrected chi connectivity index (χ4v) is 5.43. The van der Waals surface area contributed by atoms with Crippen LogP contribution in [0.4, 0.5) is 20.2 Å². The van der Waals surface area contributed by atoms with Crippen molar-refractivity contribution < 1.29 is 13.6 Å². The van der Waals surface area contributed by atoms with Gasteiger partial charge < -0.3 is 10.2 Å². The van der Waals surface area contributed by atoms with Crippen molar-refractivity contribution in [3.8, 4) is 5.69 Å². The zero-order chi connectivity index (χ0) is 29.3. The van der Waals surface area contributed by atoms with E-state index in [9.17, 15) is 18.4 Å². The lowest BCUT2D eigenvalue weighted by molar-refractivity contribution is 0.102. The third kappa shape index (κ3) is 4.59. The molecule has 41 heavy (non-hydrogen) atoms. The van der Waals surface area contributed by atoms with Crippen LogP contribution in [0.2, 0.25) is 0 Å². The summed E-state index contributed by atoms with van der Waals surface area (Å²) in [6.07, 6.45) is 5.56. The van der Waals surface area contributed by atoms with Crippen molar-refractivity contribution in [2.45, 2.75) is 59.4 Å². The van der Waals surface area contributed by atoms with Gasteiger partial charge in [-0.1, -0.05) is 26.8 Å². The molecule has 0 atom stereocenters. The fourth-order valence-electron chi connectivity index (χ4n) is 5.43. The molecule has 1 saturated heterocycles. The quantitative estimate of drug-likeness (QED) is 0.329. The molecule has 0 bridgehead atoms. The highest BCUT2D eigenvalue weighted by Gasteiger charge is 2.48. The van der Waals surface area contributed by atoms with E-state index in [1.165, 1.54) is 25.0 Å². The molecule has 1 aliphatic carbocycles. The minimum Gasteiger partial charge on any atom is -0.369 e. The maximum Gasteiger partial charge on any atom is 0.276 e. The average Bonchev–Trinajstić information content (AvgIpc) is 3.31. The molecule has 1 aliphatic heterocycles. The highest BCUT2D eigenvalue weighted by Crippen LogP contribution is 2.54. The average molecular weight is 561 g/mol. The predicted octanol–water partition coefficient (Wildman–Crippen LogP) is 5.88. The van der Waals surface area contributed by atoms with Gasteiger partial charge in [-0.05, 0) is 74.3 Å². The lowest BCUT2D eigenvalue weighted by atomic mass is 9.76. The molecule has 214 valence electrons. The van der Waals surface area contributed by atoms with Crippen LogP contribution in [0.15, 0.2) is 53.5 Å². The minimum absolute atomic E-state index is 0.0650. The Morgan fingerprint density at radius 3 is 2.27 bits per heavy atom. The molecule has 1 amide bonds. The van der Waals surface area contributed by atoms with E-state index in [2.05, 4.69) is 56.1 Å². The van der Waals surface area contributed by atoms with Crippen LogP contribution in [-0.2, 0) is 5.54 Å². The van der Waals surface area contributed by atoms with Gasteiger partial charge in [-0.2, -0.15) is 14.9 Å². The number of nitrogens with zero attached hydrogens (tertiary/aromatic N) is 5. The molecule has 1 saturated carbocycles. The molecular weight excluding hydrogens is 526 g/mol. The zero-order valence-corrected chi connectivity index (χ0v) is 24.0. The van der Waals surface area contributed by atoms with Crippen molar-refractivity contribution in [1.29, 1.82) is 0 Å². The maximum absolute atomic E-state index is 14.4. The Bertz CT molecular complexity index is 1730. The number of fused-ring (bicyclic) bond motifs is 1. The summed E-state index contributed by atoms with van der Waals surface area (Å²) in [7, 11) is 0. The Morgan fingerprint density at radius 1 is 0.927 bits per heavy atom. The van der Waals surface area contributed by atoms with Crippen molar-refractivity contribution >= 4 is 28.2 Å². The summed E-state index contributed by atoms with van der Waals surface area (Å²) < 4.78 is 31.5. The van der Waals surface area contributed by atoms with E-state index in [0.29, 0.717) is 15.8 Å². The third-order valence-corrected chi connectivity index (χ3v) is 9.21. The van der Waals surface area contributed by atoms with Crippen LogP contribution in [0.1, 0.15) is 64.4 Å². The zero-order valence-electron chi connectivity index (χ0n) is 24.0. The first-order valence-electron chi connectivity index (χ1n) is 13.9. The topological polar surface area (TPSA) is 85.0 Å². The van der Waals surface area contributed by atoms with E-state index in [-0.39, 0.29) is 16.6 Å². The molecule has 2 aromatic heterocycles. The number of anilines is 2. The molecule has 1 spiro atoms. The first-order chi connectivity index (χ1) is 19.3. The number of amides is 1. The first kappa shape index (κ1) is 27.1. The predicted molar refractivity (Wildman–Crippen MR) is 155 cm³/mol. The summed E-state index contributed by atoms with van der Waals surface area (Å²) in [5.74, 6) is -2.51. The number of carbonyl (C=O) groups excluding carboxylic acids is 1. The molecule has 2 aliphatic rings. The fraction of sp³-hybridized carbons (Fsp3) is 0.419. The second kappa shape index (κ2) is 9.22. The Morgan fingerprint density at radius 2 is 1.63 bits per heavy atom. The number of carbonyl (C=O) groups is 1. The standard InChI is InChI=1S/C31H34F2N6O2/c1-29(2,3)30(4,5)38-17-19-22(35-38)9-10-23(26(19)37-16-15-31(18-37)13-14-31)34-28(41)24-11-12-25(40)39(36-24)27-20(32)7-6-8-21(27)33/h6-12,17H,13-16,18H2,1-5H3,(H,34,41). The summed E-state index contributed by atoms with van der Waals surface area (Å²) in [5.41, 5.74) is 0.763. The lowest BCUT2D eigenvalue weighted by Crippen LogP contribution is -2.40. The third-order valence-electron chi connectivity index (χ3n) is 9.21. The Kier molecular flexibility index (Phi) is 6.10. The van der Waals surface area contributed by atoms with Crippen LogP contribution < -0.4 is 15.8 Å². The van der Waals surface area contributed by atoms with Gasteiger partial charge in [0.25, 0.3) is 11.5 Å². The van der Waals surface area contributed by atoms with E-state index >= 15 is 0 Å². The summed E-state index contributed by atoms with van der Waals surface area (Å²) >= 11 is 0. The van der Waals surface area contributed by atoms with Crippen LogP contribution in [0, 0.1) is 22.5 Å². The van der Waals surface area contributed by atoms with Gasteiger partial charge in [0, 0.05) is 30.7 Å². The number of nitrogens with one attached hydrogen (secondary N) is 1. The number of rotatable bonds is 5. The molecule has 2 fully saturated rings. The minimum atomic E-state index is -0.955. The van der Waals surface area contributed by atoms with Crippen molar-refractivity contribution in [3.05, 3.63) is 76.3 Å². The number of hydrogen-bond donors (Lipinski definition) is 1. The Labute approximate surface area is 237 Å². The second-order valence-electron chi connectivity index (χ2n) is 12.9. The smallest absolute Gasteiger partial charge is 0.276 e. The van der Waals surface area contributed by atoms with Crippen LogP contribution in [0.5, 0.6) is 0 Å². The van der Waals surface area contributed by atoms with Crippen molar-refractivity contribution in [3.63, 3.8) is 0 Å². The number of benzene rings is 2.